The van der Waals surface area contributed by atoms with Crippen molar-refractivity contribution >= 4 is 17.3 Å². The van der Waals surface area contributed by atoms with Crippen molar-refractivity contribution in [3.8, 4) is 5.75 Å². The summed E-state index contributed by atoms with van der Waals surface area (Å²) in [5, 5.41) is 4.45. The zero-order valence-corrected chi connectivity index (χ0v) is 13.5. The second-order valence-electron chi connectivity index (χ2n) is 6.02. The first kappa shape index (κ1) is 15.5. The maximum atomic E-state index is 6.14. The molecule has 1 aliphatic carbocycles. The second kappa shape index (κ2) is 7.21. The third-order valence-electron chi connectivity index (χ3n) is 4.26. The van der Waals surface area contributed by atoms with Crippen molar-refractivity contribution in [1.29, 1.82) is 0 Å². The van der Waals surface area contributed by atoms with Gasteiger partial charge in [0.25, 0.3) is 0 Å². The smallest absolute Gasteiger partial charge is 0.142 e. The zero-order valence-electron chi connectivity index (χ0n) is 12.8. The maximum Gasteiger partial charge on any atom is 0.142 e. The van der Waals surface area contributed by atoms with Crippen molar-refractivity contribution in [2.75, 3.05) is 11.9 Å². The van der Waals surface area contributed by atoms with Crippen LogP contribution in [0.1, 0.15) is 46.5 Å². The van der Waals surface area contributed by atoms with Gasteiger partial charge in [-0.05, 0) is 49.8 Å². The fourth-order valence-electron chi connectivity index (χ4n) is 3.23. The lowest BCUT2D eigenvalue weighted by Crippen LogP contribution is -2.35. The van der Waals surface area contributed by atoms with Crippen LogP contribution in [-0.2, 0) is 0 Å². The van der Waals surface area contributed by atoms with E-state index >= 15 is 0 Å². The van der Waals surface area contributed by atoms with Crippen LogP contribution in [0.25, 0.3) is 0 Å². The summed E-state index contributed by atoms with van der Waals surface area (Å²) in [6.07, 6.45) is 5.22. The summed E-state index contributed by atoms with van der Waals surface area (Å²) in [6, 6.07) is 6.36. The molecule has 0 radical (unpaired) electrons. The second-order valence-corrected chi connectivity index (χ2v) is 6.45. The molecule has 0 aliphatic heterocycles. The Morgan fingerprint density at radius 2 is 2.05 bits per heavy atom. The number of benzene rings is 1. The molecule has 0 spiro atoms. The van der Waals surface area contributed by atoms with E-state index in [1.165, 1.54) is 25.7 Å². The minimum absolute atomic E-state index is 0.529. The van der Waals surface area contributed by atoms with Crippen molar-refractivity contribution in [3.05, 3.63) is 23.2 Å². The van der Waals surface area contributed by atoms with Crippen molar-refractivity contribution < 1.29 is 4.74 Å². The molecule has 2 unspecified atom stereocenters. The van der Waals surface area contributed by atoms with Crippen LogP contribution in [0, 0.1) is 11.8 Å². The van der Waals surface area contributed by atoms with E-state index in [0.29, 0.717) is 18.6 Å². The van der Waals surface area contributed by atoms with Gasteiger partial charge in [0.2, 0.25) is 0 Å². The molecule has 1 aromatic carbocycles. The van der Waals surface area contributed by atoms with Crippen molar-refractivity contribution in [2.45, 2.75) is 52.5 Å². The average molecular weight is 296 g/mol. The van der Waals surface area contributed by atoms with Gasteiger partial charge in [0.05, 0.1) is 12.3 Å². The number of anilines is 1. The van der Waals surface area contributed by atoms with E-state index in [1.807, 2.05) is 25.1 Å². The highest BCUT2D eigenvalue weighted by molar-refractivity contribution is 6.30. The summed E-state index contributed by atoms with van der Waals surface area (Å²) in [7, 11) is 0. The van der Waals surface area contributed by atoms with Crippen LogP contribution in [0.2, 0.25) is 5.02 Å². The molecule has 2 rings (SSSR count). The van der Waals surface area contributed by atoms with Crippen molar-refractivity contribution in [3.63, 3.8) is 0 Å². The van der Waals surface area contributed by atoms with E-state index in [9.17, 15) is 0 Å². The molecule has 1 N–H and O–H groups in total. The van der Waals surface area contributed by atoms with Crippen LogP contribution in [0.15, 0.2) is 18.2 Å². The summed E-state index contributed by atoms with van der Waals surface area (Å²) < 4.78 is 5.71. The number of halogens is 1. The van der Waals surface area contributed by atoms with Gasteiger partial charge in [-0.3, -0.25) is 0 Å². The van der Waals surface area contributed by atoms with Gasteiger partial charge in [-0.1, -0.05) is 38.3 Å². The fourth-order valence-corrected chi connectivity index (χ4v) is 3.40. The summed E-state index contributed by atoms with van der Waals surface area (Å²) >= 11 is 6.14. The van der Waals surface area contributed by atoms with Crippen LogP contribution in [-0.4, -0.2) is 12.6 Å². The highest BCUT2D eigenvalue weighted by Crippen LogP contribution is 2.35. The molecule has 112 valence electrons. The minimum atomic E-state index is 0.529. The van der Waals surface area contributed by atoms with Crippen LogP contribution >= 0.6 is 11.6 Å². The highest BCUT2D eigenvalue weighted by atomic mass is 35.5. The molecule has 2 nitrogen and oxygen atoms in total. The Labute approximate surface area is 127 Å². The lowest BCUT2D eigenvalue weighted by Gasteiger charge is -2.36. The molecule has 1 saturated carbocycles. The molecule has 20 heavy (non-hydrogen) atoms. The van der Waals surface area contributed by atoms with Gasteiger partial charge in [0.1, 0.15) is 5.75 Å². The quantitative estimate of drug-likeness (QED) is 0.789. The standard InChI is InChI=1S/C17H26ClNO/c1-4-20-17-10-9-13(18)11-16(17)19-15-8-6-5-7-14(15)12(2)3/h9-12,14-15,19H,4-8H2,1-3H3. The Balaban J connectivity index is 2.16. The molecule has 1 aromatic rings. The Morgan fingerprint density at radius 1 is 1.30 bits per heavy atom. The molecule has 0 aromatic heterocycles. The molecular formula is C17H26ClNO. The molecule has 1 aliphatic rings. The first-order valence-electron chi connectivity index (χ1n) is 7.80. The first-order chi connectivity index (χ1) is 9.61. The average Bonchev–Trinajstić information content (AvgIpc) is 2.42. The molecule has 0 saturated heterocycles. The lowest BCUT2D eigenvalue weighted by molar-refractivity contribution is 0.253. The zero-order chi connectivity index (χ0) is 14.5. The Bertz CT molecular complexity index is 433. The largest absolute Gasteiger partial charge is 0.492 e. The number of ether oxygens (including phenoxy) is 1. The normalized spacial score (nSPS) is 22.9. The Morgan fingerprint density at radius 3 is 2.75 bits per heavy atom. The molecule has 2 atom stereocenters. The summed E-state index contributed by atoms with van der Waals surface area (Å²) in [5.41, 5.74) is 1.04. The van der Waals surface area contributed by atoms with E-state index in [-0.39, 0.29) is 0 Å². The summed E-state index contributed by atoms with van der Waals surface area (Å²) in [5.74, 6) is 2.35. The van der Waals surface area contributed by atoms with Crippen LogP contribution < -0.4 is 10.1 Å². The number of hydrogen-bond donors (Lipinski definition) is 1. The van der Waals surface area contributed by atoms with E-state index in [4.69, 9.17) is 16.3 Å². The van der Waals surface area contributed by atoms with Gasteiger partial charge >= 0.3 is 0 Å². The predicted molar refractivity (Wildman–Crippen MR) is 86.8 cm³/mol. The molecule has 0 amide bonds. The predicted octanol–water partition coefficient (Wildman–Crippen LogP) is 5.37. The SMILES string of the molecule is CCOc1ccc(Cl)cc1NC1CCCCC1C(C)C. The molecular weight excluding hydrogens is 270 g/mol. The van der Waals surface area contributed by atoms with Crippen molar-refractivity contribution in [2.24, 2.45) is 11.8 Å². The molecule has 3 heteroatoms. The highest BCUT2D eigenvalue weighted by Gasteiger charge is 2.28. The van der Waals surface area contributed by atoms with Gasteiger partial charge < -0.3 is 10.1 Å². The first-order valence-corrected chi connectivity index (χ1v) is 8.18. The van der Waals surface area contributed by atoms with E-state index in [2.05, 4.69) is 19.2 Å². The lowest BCUT2D eigenvalue weighted by atomic mass is 9.78. The third-order valence-corrected chi connectivity index (χ3v) is 4.49. The minimum Gasteiger partial charge on any atom is -0.492 e. The van der Waals surface area contributed by atoms with E-state index in [1.54, 1.807) is 0 Å². The van der Waals surface area contributed by atoms with Gasteiger partial charge in [0.15, 0.2) is 0 Å². The molecule has 0 heterocycles. The molecule has 1 fully saturated rings. The maximum absolute atomic E-state index is 6.14. The van der Waals surface area contributed by atoms with Crippen LogP contribution in [0.3, 0.4) is 0 Å². The fraction of sp³-hybridized carbons (Fsp3) is 0.647. The van der Waals surface area contributed by atoms with E-state index < -0.39 is 0 Å². The number of nitrogens with one attached hydrogen (secondary N) is 1. The van der Waals surface area contributed by atoms with E-state index in [0.717, 1.165) is 22.4 Å². The van der Waals surface area contributed by atoms with Gasteiger partial charge in [-0.2, -0.15) is 0 Å². The third kappa shape index (κ3) is 3.82. The summed E-state index contributed by atoms with van der Waals surface area (Å²) in [6.45, 7) is 7.34. The van der Waals surface area contributed by atoms with Crippen LogP contribution in [0.5, 0.6) is 5.75 Å². The Kier molecular flexibility index (Phi) is 5.59. The van der Waals surface area contributed by atoms with Crippen molar-refractivity contribution in [1.82, 2.24) is 0 Å². The van der Waals surface area contributed by atoms with Crippen LogP contribution in [0.4, 0.5) is 5.69 Å². The van der Waals surface area contributed by atoms with Gasteiger partial charge in [0, 0.05) is 11.1 Å². The summed E-state index contributed by atoms with van der Waals surface area (Å²) in [4.78, 5) is 0. The monoisotopic (exact) mass is 295 g/mol. The Hall–Kier alpha value is -0.890. The van der Waals surface area contributed by atoms with Gasteiger partial charge in [-0.15, -0.1) is 0 Å². The van der Waals surface area contributed by atoms with Gasteiger partial charge in [-0.25, -0.2) is 0 Å². The number of hydrogen-bond acceptors (Lipinski definition) is 2. The number of rotatable bonds is 5. The molecule has 0 bridgehead atoms. The topological polar surface area (TPSA) is 21.3 Å².